The summed E-state index contributed by atoms with van der Waals surface area (Å²) in [5.41, 5.74) is 3.75. The molecule has 4 heterocycles. The lowest BCUT2D eigenvalue weighted by Gasteiger charge is -2.37. The highest BCUT2D eigenvalue weighted by Gasteiger charge is 2.58. The van der Waals surface area contributed by atoms with Gasteiger partial charge in [-0.25, -0.2) is 9.48 Å². The van der Waals surface area contributed by atoms with E-state index in [1.807, 2.05) is 108 Å². The van der Waals surface area contributed by atoms with Crippen LogP contribution in [0.25, 0.3) is 22.2 Å². The van der Waals surface area contributed by atoms with Crippen LogP contribution in [-0.2, 0) is 22.7 Å². The molecular weight excluding hydrogens is 733 g/mol. The number of benzene rings is 5. The van der Waals surface area contributed by atoms with Gasteiger partial charge in [-0.05, 0) is 71.8 Å². The SMILES string of the molecule is CC(F)(F)c1cc(-c2nn(C(c3ccccc3)(c3ccccc3)c3ccccc3)c3ccc(N4CCC5(CCN(C(=O)O)[C@@H]5Cc5ccccc5)C4=O)cc23)ccn1. The summed E-state index contributed by atoms with van der Waals surface area (Å²) >= 11 is 0. The Hall–Kier alpha value is -6.68. The normalized spacial score (nSPS) is 18.4. The van der Waals surface area contributed by atoms with E-state index in [-0.39, 0.29) is 18.1 Å². The van der Waals surface area contributed by atoms with Crippen LogP contribution in [-0.4, -0.2) is 55.9 Å². The Labute approximate surface area is 335 Å². The van der Waals surface area contributed by atoms with Crippen LogP contribution in [0.4, 0.5) is 19.3 Å². The second-order valence-electron chi connectivity index (χ2n) is 15.4. The molecule has 2 aliphatic heterocycles. The number of halogens is 2. The molecule has 0 aliphatic carbocycles. The fourth-order valence-corrected chi connectivity index (χ4v) is 9.35. The Morgan fingerprint density at radius 1 is 0.776 bits per heavy atom. The number of hydrogen-bond donors (Lipinski definition) is 1. The van der Waals surface area contributed by atoms with E-state index in [1.54, 1.807) is 11.0 Å². The first kappa shape index (κ1) is 36.9. The van der Waals surface area contributed by atoms with Gasteiger partial charge in [0, 0.05) is 42.8 Å². The molecule has 2 fully saturated rings. The number of likely N-dealkylation sites (tertiary alicyclic amines) is 1. The van der Waals surface area contributed by atoms with E-state index in [4.69, 9.17) is 5.10 Å². The summed E-state index contributed by atoms with van der Waals surface area (Å²) in [7, 11) is 0. The van der Waals surface area contributed by atoms with Gasteiger partial charge >= 0.3 is 6.09 Å². The highest BCUT2D eigenvalue weighted by Crippen LogP contribution is 2.49. The first-order valence-electron chi connectivity index (χ1n) is 19.5. The molecule has 2 aliphatic rings. The highest BCUT2D eigenvalue weighted by molar-refractivity contribution is 6.04. The summed E-state index contributed by atoms with van der Waals surface area (Å²) in [6.45, 7) is 1.50. The topological polar surface area (TPSA) is 91.6 Å². The molecule has 1 N–H and O–H groups in total. The Morgan fingerprint density at radius 2 is 1.34 bits per heavy atom. The van der Waals surface area contributed by atoms with E-state index in [9.17, 15) is 23.5 Å². The highest BCUT2D eigenvalue weighted by atomic mass is 19.3. The van der Waals surface area contributed by atoms with E-state index in [0.717, 1.165) is 34.7 Å². The van der Waals surface area contributed by atoms with Crippen molar-refractivity contribution in [2.24, 2.45) is 5.41 Å². The second-order valence-corrected chi connectivity index (χ2v) is 15.4. The minimum Gasteiger partial charge on any atom is -0.465 e. The lowest BCUT2D eigenvalue weighted by atomic mass is 9.76. The minimum atomic E-state index is -3.20. The predicted molar refractivity (Wildman–Crippen MR) is 220 cm³/mol. The Morgan fingerprint density at radius 3 is 1.91 bits per heavy atom. The first-order chi connectivity index (χ1) is 28.1. The van der Waals surface area contributed by atoms with Crippen molar-refractivity contribution in [2.75, 3.05) is 18.0 Å². The lowest BCUT2D eigenvalue weighted by molar-refractivity contribution is -0.126. The average molecular weight is 774 g/mol. The molecule has 0 saturated carbocycles. The van der Waals surface area contributed by atoms with E-state index < -0.39 is 29.0 Å². The number of carbonyl (C=O) groups excluding carboxylic acids is 1. The van der Waals surface area contributed by atoms with Crippen LogP contribution in [0.15, 0.2) is 158 Å². The van der Waals surface area contributed by atoms with Crippen LogP contribution in [0.2, 0.25) is 0 Å². The fraction of sp³-hybridized carbons (Fsp3) is 0.208. The van der Waals surface area contributed by atoms with Gasteiger partial charge in [-0.2, -0.15) is 13.9 Å². The molecule has 5 aromatic carbocycles. The number of amides is 2. The Bertz CT molecular complexity index is 2520. The van der Waals surface area contributed by atoms with Crippen molar-refractivity contribution >= 4 is 28.6 Å². The minimum absolute atomic E-state index is 0.116. The fourth-order valence-electron chi connectivity index (χ4n) is 9.35. The maximum absolute atomic E-state index is 14.9. The maximum Gasteiger partial charge on any atom is 0.407 e. The quantitative estimate of drug-likeness (QED) is 0.148. The second kappa shape index (κ2) is 14.4. The third kappa shape index (κ3) is 6.02. The Kier molecular flexibility index (Phi) is 9.14. The van der Waals surface area contributed by atoms with Crippen molar-refractivity contribution in [3.8, 4) is 11.3 Å². The molecule has 2 atom stereocenters. The molecule has 2 amide bonds. The number of hydrogen-bond acceptors (Lipinski definition) is 4. The zero-order chi connectivity index (χ0) is 40.1. The third-order valence-corrected chi connectivity index (χ3v) is 12.1. The standard InChI is InChI=1S/C48H41F2N5O3/c1-46(49,50)41-31-34(24-27-51-41)43-39-32-38(53-28-25-47(44(53)56)26-29-54(45(57)58)42(47)30-33-14-6-2-7-15-33)22-23-40(39)55(52-43)48(35-16-8-3-9-17-35,36-18-10-4-11-19-36)37-20-12-5-13-21-37/h2-24,27,31-32,42H,25-26,28-30H2,1H3,(H,57,58)/t42-,47?/m1/s1. The number of nitrogens with zero attached hydrogens (tertiary/aromatic N) is 5. The van der Waals surface area contributed by atoms with Gasteiger partial charge in [-0.15, -0.1) is 0 Å². The summed E-state index contributed by atoms with van der Waals surface area (Å²) in [6.07, 6.45) is 1.70. The van der Waals surface area contributed by atoms with Crippen molar-refractivity contribution in [2.45, 2.75) is 43.7 Å². The molecule has 58 heavy (non-hydrogen) atoms. The summed E-state index contributed by atoms with van der Waals surface area (Å²) in [6, 6.07) is 48.3. The predicted octanol–water partition coefficient (Wildman–Crippen LogP) is 9.77. The zero-order valence-electron chi connectivity index (χ0n) is 31.9. The average Bonchev–Trinajstić information content (AvgIpc) is 3.92. The monoisotopic (exact) mass is 773 g/mol. The molecular formula is C48H41F2N5O3. The molecule has 0 bridgehead atoms. The number of carboxylic acid groups (broad SMARTS) is 1. The molecule has 2 saturated heterocycles. The molecule has 2 aromatic heterocycles. The molecule has 10 heteroatoms. The van der Waals surface area contributed by atoms with Gasteiger partial charge < -0.3 is 14.9 Å². The van der Waals surface area contributed by atoms with Crippen LogP contribution in [0, 0.1) is 5.41 Å². The van der Waals surface area contributed by atoms with Crippen LogP contribution < -0.4 is 4.90 Å². The summed E-state index contributed by atoms with van der Waals surface area (Å²) in [4.78, 5) is 34.6. The number of pyridine rings is 1. The third-order valence-electron chi connectivity index (χ3n) is 12.1. The Balaban J connectivity index is 1.25. The van der Waals surface area contributed by atoms with E-state index >= 15 is 0 Å². The van der Waals surface area contributed by atoms with E-state index in [1.165, 1.54) is 17.2 Å². The van der Waals surface area contributed by atoms with E-state index in [0.29, 0.717) is 48.1 Å². The molecule has 8 nitrogen and oxygen atoms in total. The first-order valence-corrected chi connectivity index (χ1v) is 19.5. The van der Waals surface area contributed by atoms with Crippen molar-refractivity contribution in [1.82, 2.24) is 19.7 Å². The molecule has 7 aromatic rings. The molecule has 9 rings (SSSR count). The number of alkyl halides is 2. The van der Waals surface area contributed by atoms with Crippen LogP contribution in [0.1, 0.15) is 47.7 Å². The van der Waals surface area contributed by atoms with Gasteiger partial charge in [0.25, 0.3) is 5.92 Å². The summed E-state index contributed by atoms with van der Waals surface area (Å²) in [5, 5.41) is 16.3. The number of fused-ring (bicyclic) bond motifs is 1. The number of aromatic nitrogens is 3. The zero-order valence-corrected chi connectivity index (χ0v) is 31.9. The van der Waals surface area contributed by atoms with Gasteiger partial charge in [-0.3, -0.25) is 9.78 Å². The molecule has 0 radical (unpaired) electrons. The van der Waals surface area contributed by atoms with Gasteiger partial charge in [-0.1, -0.05) is 121 Å². The largest absolute Gasteiger partial charge is 0.465 e. The van der Waals surface area contributed by atoms with Gasteiger partial charge in [0.15, 0.2) is 0 Å². The summed E-state index contributed by atoms with van der Waals surface area (Å²) < 4.78 is 31.7. The maximum atomic E-state index is 14.9. The van der Waals surface area contributed by atoms with Crippen molar-refractivity contribution < 1.29 is 23.5 Å². The number of rotatable bonds is 9. The van der Waals surface area contributed by atoms with Gasteiger partial charge in [0.05, 0.1) is 17.0 Å². The summed E-state index contributed by atoms with van der Waals surface area (Å²) in [5.74, 6) is -3.31. The number of anilines is 1. The van der Waals surface area contributed by atoms with Gasteiger partial charge in [0.2, 0.25) is 5.91 Å². The molecule has 1 spiro atoms. The van der Waals surface area contributed by atoms with Crippen molar-refractivity contribution in [3.63, 3.8) is 0 Å². The van der Waals surface area contributed by atoms with E-state index in [2.05, 4.69) is 41.4 Å². The van der Waals surface area contributed by atoms with Crippen LogP contribution in [0.3, 0.4) is 0 Å². The van der Waals surface area contributed by atoms with Crippen molar-refractivity contribution in [3.05, 3.63) is 186 Å². The van der Waals surface area contributed by atoms with Crippen LogP contribution >= 0.6 is 0 Å². The molecule has 1 unspecified atom stereocenters. The van der Waals surface area contributed by atoms with Crippen LogP contribution in [0.5, 0.6) is 0 Å². The smallest absolute Gasteiger partial charge is 0.407 e. The number of carbonyl (C=O) groups is 2. The van der Waals surface area contributed by atoms with Gasteiger partial charge in [0.1, 0.15) is 16.9 Å². The molecule has 290 valence electrons. The lowest BCUT2D eigenvalue weighted by Crippen LogP contribution is -2.47. The van der Waals surface area contributed by atoms with Crippen molar-refractivity contribution in [1.29, 1.82) is 0 Å².